The molecule has 1 aromatic heterocycles. The summed E-state index contributed by atoms with van der Waals surface area (Å²) < 4.78 is 1.73. The first kappa shape index (κ1) is 15.7. The summed E-state index contributed by atoms with van der Waals surface area (Å²) in [6.07, 6.45) is 8.47. The van der Waals surface area contributed by atoms with Crippen LogP contribution in [0.4, 0.5) is 0 Å². The summed E-state index contributed by atoms with van der Waals surface area (Å²) >= 11 is 0. The zero-order valence-electron chi connectivity index (χ0n) is 13.3. The number of hydrazone groups is 1. The fourth-order valence-corrected chi connectivity index (χ4v) is 2.49. The first-order valence-electron chi connectivity index (χ1n) is 7.68. The van der Waals surface area contributed by atoms with Crippen molar-refractivity contribution in [3.8, 4) is 6.07 Å². The molecule has 24 heavy (non-hydrogen) atoms. The van der Waals surface area contributed by atoms with Crippen molar-refractivity contribution in [3.05, 3.63) is 75.8 Å². The van der Waals surface area contributed by atoms with Crippen LogP contribution in [0.3, 0.4) is 0 Å². The molecule has 0 spiro atoms. The normalized spacial score (nSPS) is 16.2. The van der Waals surface area contributed by atoms with Gasteiger partial charge in [-0.2, -0.15) is 15.5 Å². The molecule has 1 aliphatic rings. The number of hydrogen-bond acceptors (Lipinski definition) is 5. The Bertz CT molecular complexity index is 877. The van der Waals surface area contributed by atoms with Gasteiger partial charge in [-0.25, -0.2) is 0 Å². The molecule has 0 saturated heterocycles. The van der Waals surface area contributed by atoms with Crippen molar-refractivity contribution in [2.75, 3.05) is 7.05 Å². The van der Waals surface area contributed by atoms with Gasteiger partial charge in [0.2, 0.25) is 5.43 Å². The van der Waals surface area contributed by atoms with E-state index < -0.39 is 0 Å². The molecule has 0 aliphatic carbocycles. The molecule has 2 aromatic rings. The smallest absolute Gasteiger partial charge is 0.203 e. The number of benzene rings is 1. The summed E-state index contributed by atoms with van der Waals surface area (Å²) in [5, 5.41) is 19.3. The Morgan fingerprint density at radius 1 is 1.29 bits per heavy atom. The second-order valence-corrected chi connectivity index (χ2v) is 5.59. The second-order valence-electron chi connectivity index (χ2n) is 5.59. The van der Waals surface area contributed by atoms with E-state index >= 15 is 0 Å². The summed E-state index contributed by atoms with van der Waals surface area (Å²) in [5.74, 6) is 0. The van der Waals surface area contributed by atoms with E-state index in [1.54, 1.807) is 28.2 Å². The summed E-state index contributed by atoms with van der Waals surface area (Å²) in [6.45, 7) is 0. The van der Waals surface area contributed by atoms with Crippen LogP contribution in [0, 0.1) is 11.3 Å². The van der Waals surface area contributed by atoms with E-state index in [4.69, 9.17) is 5.26 Å². The van der Waals surface area contributed by atoms with Gasteiger partial charge in [-0.3, -0.25) is 14.5 Å². The molecule has 6 heteroatoms. The van der Waals surface area contributed by atoms with E-state index in [1.807, 2.05) is 37.5 Å². The van der Waals surface area contributed by atoms with Gasteiger partial charge >= 0.3 is 0 Å². The highest BCUT2D eigenvalue weighted by atomic mass is 16.1. The van der Waals surface area contributed by atoms with Gasteiger partial charge in [0.1, 0.15) is 11.7 Å². The van der Waals surface area contributed by atoms with Crippen molar-refractivity contribution in [1.82, 2.24) is 14.8 Å². The molecule has 120 valence electrons. The van der Waals surface area contributed by atoms with Gasteiger partial charge in [0.15, 0.2) is 0 Å². The van der Waals surface area contributed by atoms with E-state index in [0.717, 1.165) is 5.56 Å². The molecule has 6 nitrogen and oxygen atoms in total. The molecule has 0 amide bonds. The minimum absolute atomic E-state index is 0.0727. The Balaban J connectivity index is 1.77. The van der Waals surface area contributed by atoms with Crippen molar-refractivity contribution in [2.24, 2.45) is 5.10 Å². The Morgan fingerprint density at radius 3 is 2.92 bits per heavy atom. The number of aromatic nitrogens is 2. The van der Waals surface area contributed by atoms with Crippen LogP contribution in [-0.2, 0) is 12.8 Å². The quantitative estimate of drug-likeness (QED) is 0.862. The first-order chi connectivity index (χ1) is 11.7. The zero-order chi connectivity index (χ0) is 16.9. The minimum Gasteiger partial charge on any atom is -0.288 e. The van der Waals surface area contributed by atoms with Crippen LogP contribution in [0.5, 0.6) is 0 Å². The lowest BCUT2D eigenvalue weighted by Crippen LogP contribution is -2.23. The highest BCUT2D eigenvalue weighted by Crippen LogP contribution is 2.10. The van der Waals surface area contributed by atoms with Crippen LogP contribution in [0.2, 0.25) is 0 Å². The first-order valence-corrected chi connectivity index (χ1v) is 7.68. The summed E-state index contributed by atoms with van der Waals surface area (Å²) in [4.78, 5) is 12.1. The van der Waals surface area contributed by atoms with Crippen LogP contribution >= 0.6 is 0 Å². The molecule has 2 heterocycles. The van der Waals surface area contributed by atoms with Crippen LogP contribution in [0.25, 0.3) is 0 Å². The van der Waals surface area contributed by atoms with Gasteiger partial charge in [-0.05, 0) is 36.6 Å². The fourth-order valence-electron chi connectivity index (χ4n) is 2.49. The molecule has 1 atom stereocenters. The highest BCUT2D eigenvalue weighted by Gasteiger charge is 2.11. The lowest BCUT2D eigenvalue weighted by molar-refractivity contribution is 0.466. The number of nitrogens with zero attached hydrogens (tertiary/aromatic N) is 5. The van der Waals surface area contributed by atoms with Gasteiger partial charge in [-0.15, -0.1) is 0 Å². The van der Waals surface area contributed by atoms with E-state index in [9.17, 15) is 4.79 Å². The highest BCUT2D eigenvalue weighted by molar-refractivity contribution is 5.65. The summed E-state index contributed by atoms with van der Waals surface area (Å²) in [5.41, 5.74) is 2.09. The number of rotatable bonds is 4. The molecule has 0 radical (unpaired) electrons. The molecule has 1 unspecified atom stereocenters. The number of nitriles is 1. The average molecular weight is 319 g/mol. The molecular formula is C18H17N5O. The van der Waals surface area contributed by atoms with E-state index in [2.05, 4.69) is 16.3 Å². The topological polar surface area (TPSA) is 74.3 Å². The fraction of sp³-hybridized carbons (Fsp3) is 0.222. The average Bonchev–Trinajstić information content (AvgIpc) is 2.62. The third-order valence-electron chi connectivity index (χ3n) is 3.81. The third kappa shape index (κ3) is 3.58. The lowest BCUT2D eigenvalue weighted by atomic mass is 10.1. The molecule has 1 aliphatic heterocycles. The monoisotopic (exact) mass is 319 g/mol. The van der Waals surface area contributed by atoms with Gasteiger partial charge in [0.05, 0.1) is 17.8 Å². The van der Waals surface area contributed by atoms with Gasteiger partial charge in [0.25, 0.3) is 0 Å². The largest absolute Gasteiger partial charge is 0.288 e. The van der Waals surface area contributed by atoms with Gasteiger partial charge in [0, 0.05) is 25.5 Å². The summed E-state index contributed by atoms with van der Waals surface area (Å²) in [6, 6.07) is 11.0. The Hall–Kier alpha value is -3.20. The molecule has 1 aromatic carbocycles. The van der Waals surface area contributed by atoms with Crippen molar-refractivity contribution in [1.29, 1.82) is 5.26 Å². The van der Waals surface area contributed by atoms with Crippen LogP contribution in [0.15, 0.2) is 58.7 Å². The van der Waals surface area contributed by atoms with Crippen molar-refractivity contribution in [2.45, 2.75) is 18.9 Å². The van der Waals surface area contributed by atoms with Crippen molar-refractivity contribution < 1.29 is 0 Å². The number of allylic oxidation sites excluding steroid dienone is 1. The maximum atomic E-state index is 12.1. The predicted octanol–water partition coefficient (Wildman–Crippen LogP) is 1.89. The SMILES string of the molecule is CN1C=CC(n2ccc(=O)c(CCc3cccc(C#N)c3)n2)C=N1. The molecule has 0 saturated carbocycles. The number of hydrogen-bond donors (Lipinski definition) is 0. The Labute approximate surface area is 140 Å². The maximum absolute atomic E-state index is 12.1. The molecule has 0 N–H and O–H groups in total. The van der Waals surface area contributed by atoms with Crippen molar-refractivity contribution >= 4 is 6.21 Å². The molecule has 0 bridgehead atoms. The third-order valence-corrected chi connectivity index (χ3v) is 3.81. The van der Waals surface area contributed by atoms with E-state index in [0.29, 0.717) is 24.1 Å². The second kappa shape index (κ2) is 6.92. The van der Waals surface area contributed by atoms with Crippen molar-refractivity contribution in [3.63, 3.8) is 0 Å². The predicted molar refractivity (Wildman–Crippen MR) is 91.5 cm³/mol. The van der Waals surface area contributed by atoms with Crippen LogP contribution < -0.4 is 5.43 Å². The van der Waals surface area contributed by atoms with Crippen LogP contribution in [0.1, 0.15) is 22.9 Å². The van der Waals surface area contributed by atoms with E-state index in [-0.39, 0.29) is 11.5 Å². The summed E-state index contributed by atoms with van der Waals surface area (Å²) in [7, 11) is 1.85. The standard InChI is InChI=1S/C18H17N5O/c1-22-9-7-16(13-20-22)23-10-8-18(24)17(21-23)6-5-14-3-2-4-15(11-14)12-19/h2-4,7-11,13,16H,5-6H2,1H3. The molecule has 3 rings (SSSR count). The van der Waals surface area contributed by atoms with Gasteiger partial charge in [-0.1, -0.05) is 12.1 Å². The van der Waals surface area contributed by atoms with Gasteiger partial charge < -0.3 is 0 Å². The lowest BCUT2D eigenvalue weighted by Gasteiger charge is -2.18. The van der Waals surface area contributed by atoms with E-state index in [1.165, 1.54) is 6.07 Å². The molecule has 0 fully saturated rings. The molecular weight excluding hydrogens is 302 g/mol. The zero-order valence-corrected chi connectivity index (χ0v) is 13.3. The van der Waals surface area contributed by atoms with Crippen LogP contribution in [-0.4, -0.2) is 28.1 Å². The Kier molecular flexibility index (Phi) is 4.52. The minimum atomic E-state index is -0.0949. The number of aryl methyl sites for hydroxylation is 2. The Morgan fingerprint density at radius 2 is 2.17 bits per heavy atom. The maximum Gasteiger partial charge on any atom is 0.203 e.